The molecule has 12 heteroatoms. The van der Waals surface area contributed by atoms with Gasteiger partial charge in [0.2, 0.25) is 5.91 Å². The lowest BCUT2D eigenvalue weighted by molar-refractivity contribution is -0.181. The second kappa shape index (κ2) is 10.4. The van der Waals surface area contributed by atoms with Crippen LogP contribution in [0.2, 0.25) is 0 Å². The van der Waals surface area contributed by atoms with Crippen molar-refractivity contribution in [3.05, 3.63) is 35.1 Å². The number of rotatable bonds is 7. The fourth-order valence-electron chi connectivity index (χ4n) is 7.10. The predicted octanol–water partition coefficient (Wildman–Crippen LogP) is 0.303. The van der Waals surface area contributed by atoms with Crippen molar-refractivity contribution >= 4 is 34.7 Å². The van der Waals surface area contributed by atoms with E-state index in [1.807, 2.05) is 6.92 Å². The van der Waals surface area contributed by atoms with Crippen LogP contribution in [-0.4, -0.2) is 90.5 Å². The summed E-state index contributed by atoms with van der Waals surface area (Å²) in [6.45, 7) is 3.16. The zero-order valence-corrected chi connectivity index (χ0v) is 24.3. The van der Waals surface area contributed by atoms with E-state index in [1.54, 1.807) is 51.3 Å². The Bertz CT molecular complexity index is 1510. The molecule has 1 aromatic heterocycles. The summed E-state index contributed by atoms with van der Waals surface area (Å²) in [5.41, 5.74) is 3.96. The van der Waals surface area contributed by atoms with Crippen LogP contribution in [0.3, 0.4) is 0 Å². The van der Waals surface area contributed by atoms with Crippen LogP contribution >= 0.6 is 0 Å². The van der Waals surface area contributed by atoms with Crippen molar-refractivity contribution in [3.63, 3.8) is 0 Å². The van der Waals surface area contributed by atoms with Crippen LogP contribution in [0.15, 0.2) is 22.6 Å². The second-order valence-corrected chi connectivity index (χ2v) is 11.9. The molecule has 0 saturated heterocycles. The molecule has 3 aliphatic rings. The highest BCUT2D eigenvalue weighted by molar-refractivity contribution is 6.32. The quantitative estimate of drug-likeness (QED) is 0.331. The summed E-state index contributed by atoms with van der Waals surface area (Å²) in [6.07, 6.45) is 0.169. The molecule has 6 atom stereocenters. The Morgan fingerprint density at radius 1 is 1.14 bits per heavy atom. The molecule has 0 spiro atoms. The van der Waals surface area contributed by atoms with Gasteiger partial charge in [0.15, 0.2) is 34.7 Å². The standard InChI is InChI=1S/C30H36N4O8/c1-6-32-12-14-7-8-19(42-14)16-11-18(33(2)3)15-9-13-10-17-23(34(4)5)26(37)22(29(31)40)28(39)30(17,41)27(38)20(13)25(36)21(15)24(16)35/h7-8,11,13,17,20,22-23,32,35,41H,6,9-10,12H2,1-5H3,(H2,31,40)/t13-,17-,20?,22?,23-,30-/m0/s1. The van der Waals surface area contributed by atoms with E-state index in [1.165, 1.54) is 4.90 Å². The number of benzene rings is 1. The number of phenols is 1. The number of carbonyl (C=O) groups excluding carboxylic acids is 5. The molecule has 0 radical (unpaired) electrons. The minimum absolute atomic E-state index is 0.00868. The topological polar surface area (TPSA) is 183 Å². The normalized spacial score (nSPS) is 28.9. The average molecular weight is 581 g/mol. The van der Waals surface area contributed by atoms with E-state index in [9.17, 15) is 34.2 Å². The van der Waals surface area contributed by atoms with Crippen LogP contribution in [0.4, 0.5) is 5.69 Å². The molecular weight excluding hydrogens is 544 g/mol. The van der Waals surface area contributed by atoms with Crippen LogP contribution in [0.5, 0.6) is 5.75 Å². The molecular formula is C30H36N4O8. The molecule has 1 heterocycles. The van der Waals surface area contributed by atoms with Gasteiger partial charge >= 0.3 is 0 Å². The molecule has 12 nitrogen and oxygen atoms in total. The summed E-state index contributed by atoms with van der Waals surface area (Å²) in [5.74, 6) is -9.86. The van der Waals surface area contributed by atoms with Crippen molar-refractivity contribution in [1.29, 1.82) is 0 Å². The zero-order valence-electron chi connectivity index (χ0n) is 24.3. The summed E-state index contributed by atoms with van der Waals surface area (Å²) < 4.78 is 5.94. The number of nitrogens with one attached hydrogen (secondary N) is 1. The number of likely N-dealkylation sites (N-methyl/N-ethyl adjacent to an activating group) is 1. The molecule has 5 N–H and O–H groups in total. The summed E-state index contributed by atoms with van der Waals surface area (Å²) in [6, 6.07) is 4.03. The van der Waals surface area contributed by atoms with Gasteiger partial charge in [-0.15, -0.1) is 0 Å². The van der Waals surface area contributed by atoms with Gasteiger partial charge in [-0.2, -0.15) is 0 Å². The molecule has 1 aromatic carbocycles. The number of aliphatic hydroxyl groups is 1. The first-order valence-corrected chi connectivity index (χ1v) is 14.0. The number of nitrogens with zero attached hydrogens (tertiary/aromatic N) is 2. The average Bonchev–Trinajstić information content (AvgIpc) is 3.37. The molecule has 2 fully saturated rings. The number of phenolic OH excluding ortho intramolecular Hbond substituents is 1. The number of ketones is 4. The third-order valence-corrected chi connectivity index (χ3v) is 9.00. The van der Waals surface area contributed by atoms with Gasteiger partial charge in [0, 0.05) is 25.7 Å². The number of nitrogens with two attached hydrogens (primary N) is 1. The number of anilines is 1. The Morgan fingerprint density at radius 2 is 1.83 bits per heavy atom. The lowest BCUT2D eigenvalue weighted by Crippen LogP contribution is -2.74. The molecule has 3 aliphatic carbocycles. The van der Waals surface area contributed by atoms with Crippen molar-refractivity contribution in [3.8, 4) is 17.1 Å². The zero-order chi connectivity index (χ0) is 30.8. The first-order chi connectivity index (χ1) is 19.7. The lowest BCUT2D eigenvalue weighted by Gasteiger charge is -2.52. The third kappa shape index (κ3) is 4.19. The smallest absolute Gasteiger partial charge is 0.235 e. The second-order valence-electron chi connectivity index (χ2n) is 11.9. The van der Waals surface area contributed by atoms with Gasteiger partial charge in [0.25, 0.3) is 0 Å². The van der Waals surface area contributed by atoms with E-state index in [4.69, 9.17) is 10.2 Å². The fraction of sp³-hybridized carbons (Fsp3) is 0.500. The SMILES string of the molecule is CCNCc1ccc(-c2cc(N(C)C)c3c(c2O)C(=O)C2C(=O)[C@]4(O)C(=O)C(C(N)=O)C(=O)[C@@H](N(C)C)[C@@H]4C[C@@H]2C3)o1. The summed E-state index contributed by atoms with van der Waals surface area (Å²) in [7, 11) is 6.69. The highest BCUT2D eigenvalue weighted by atomic mass is 16.3. The number of hydrogen-bond donors (Lipinski definition) is 4. The van der Waals surface area contributed by atoms with Gasteiger partial charge in [0.05, 0.1) is 29.6 Å². The van der Waals surface area contributed by atoms with Crippen molar-refractivity contribution in [1.82, 2.24) is 10.2 Å². The van der Waals surface area contributed by atoms with Crippen molar-refractivity contribution in [2.24, 2.45) is 29.4 Å². The van der Waals surface area contributed by atoms with Crippen LogP contribution in [0, 0.1) is 23.7 Å². The minimum atomic E-state index is -2.77. The number of carbonyl (C=O) groups is 5. The van der Waals surface area contributed by atoms with E-state index in [2.05, 4.69) is 5.32 Å². The Balaban J connectivity index is 1.64. The molecule has 42 heavy (non-hydrogen) atoms. The monoisotopic (exact) mass is 580 g/mol. The molecule has 0 bridgehead atoms. The third-order valence-electron chi connectivity index (χ3n) is 9.00. The van der Waals surface area contributed by atoms with E-state index < -0.39 is 64.4 Å². The first-order valence-electron chi connectivity index (χ1n) is 14.0. The number of amides is 1. The molecule has 0 aliphatic heterocycles. The number of furan rings is 1. The van der Waals surface area contributed by atoms with Crippen molar-refractivity contribution in [2.75, 3.05) is 39.6 Å². The summed E-state index contributed by atoms with van der Waals surface area (Å²) in [5, 5.41) is 26.4. The summed E-state index contributed by atoms with van der Waals surface area (Å²) in [4.78, 5) is 70.4. The maximum atomic E-state index is 14.2. The largest absolute Gasteiger partial charge is 0.506 e. The number of fused-ring (bicyclic) bond motifs is 3. The van der Waals surface area contributed by atoms with Crippen LogP contribution < -0.4 is 16.0 Å². The van der Waals surface area contributed by atoms with E-state index in [-0.39, 0.29) is 29.7 Å². The Labute approximate surface area is 242 Å². The highest BCUT2D eigenvalue weighted by Crippen LogP contribution is 2.53. The number of Topliss-reactive ketones (excluding diaryl/α,β-unsaturated/α-hetero) is 4. The van der Waals surface area contributed by atoms with Crippen LogP contribution in [0.25, 0.3) is 11.3 Å². The van der Waals surface area contributed by atoms with Gasteiger partial charge in [-0.25, -0.2) is 0 Å². The van der Waals surface area contributed by atoms with Gasteiger partial charge in [0.1, 0.15) is 17.3 Å². The van der Waals surface area contributed by atoms with Gasteiger partial charge in [-0.05, 0) is 63.2 Å². The number of primary amides is 1. The number of hydrogen-bond acceptors (Lipinski definition) is 11. The van der Waals surface area contributed by atoms with E-state index >= 15 is 0 Å². The van der Waals surface area contributed by atoms with Crippen LogP contribution in [0.1, 0.15) is 35.0 Å². The maximum absolute atomic E-state index is 14.2. The first kappa shape index (κ1) is 29.6. The lowest BCUT2D eigenvalue weighted by atomic mass is 9.52. The van der Waals surface area contributed by atoms with Crippen molar-refractivity contribution in [2.45, 2.75) is 38.0 Å². The van der Waals surface area contributed by atoms with Crippen molar-refractivity contribution < 1.29 is 38.6 Å². The number of aromatic hydroxyl groups is 1. The maximum Gasteiger partial charge on any atom is 0.235 e. The molecule has 2 unspecified atom stereocenters. The Morgan fingerprint density at radius 3 is 2.43 bits per heavy atom. The van der Waals surface area contributed by atoms with Crippen LogP contribution in [-0.2, 0) is 32.1 Å². The Kier molecular flexibility index (Phi) is 7.36. The van der Waals surface area contributed by atoms with Gasteiger partial charge in [-0.3, -0.25) is 28.9 Å². The van der Waals surface area contributed by atoms with E-state index in [0.717, 1.165) is 6.54 Å². The summed E-state index contributed by atoms with van der Waals surface area (Å²) >= 11 is 0. The van der Waals surface area contributed by atoms with Gasteiger partial charge < -0.3 is 30.6 Å². The fourth-order valence-corrected chi connectivity index (χ4v) is 7.10. The molecule has 2 saturated carbocycles. The Hall–Kier alpha value is -3.87. The highest BCUT2D eigenvalue weighted by Gasteiger charge is 2.69. The minimum Gasteiger partial charge on any atom is -0.506 e. The molecule has 224 valence electrons. The predicted molar refractivity (Wildman–Crippen MR) is 151 cm³/mol. The molecule has 5 rings (SSSR count). The molecule has 2 aromatic rings. The molecule has 1 amide bonds. The van der Waals surface area contributed by atoms with Gasteiger partial charge in [-0.1, -0.05) is 6.92 Å². The van der Waals surface area contributed by atoms with E-state index in [0.29, 0.717) is 29.3 Å².